The highest BCUT2D eigenvalue weighted by Crippen LogP contribution is 2.31. The Morgan fingerprint density at radius 2 is 2.00 bits per heavy atom. The number of aryl methyl sites for hydroxylation is 1. The zero-order chi connectivity index (χ0) is 11.5. The molecule has 0 fully saturated rings. The monoisotopic (exact) mass is 217 g/mol. The lowest BCUT2D eigenvalue weighted by atomic mass is 10.0. The summed E-state index contributed by atoms with van der Waals surface area (Å²) in [6, 6.07) is 6.70. The summed E-state index contributed by atoms with van der Waals surface area (Å²) in [5, 5.41) is 0. The number of nitrogens with zero attached hydrogens (tertiary/aromatic N) is 1. The smallest absolute Gasteiger partial charge is 0.131 e. The van der Waals surface area contributed by atoms with Crippen LogP contribution in [0.25, 0.3) is 11.1 Å². The molecule has 0 spiro atoms. The molecule has 3 heteroatoms. The Kier molecular flexibility index (Phi) is 2.86. The average molecular weight is 217 g/mol. The molecule has 1 heterocycles. The van der Waals surface area contributed by atoms with E-state index in [-0.39, 0.29) is 5.82 Å². The minimum absolute atomic E-state index is 0.267. The number of benzene rings is 1. The van der Waals surface area contributed by atoms with E-state index in [4.69, 9.17) is 4.74 Å². The van der Waals surface area contributed by atoms with Crippen molar-refractivity contribution in [1.29, 1.82) is 0 Å². The molecule has 0 N–H and O–H groups in total. The molecule has 0 saturated heterocycles. The fraction of sp³-hybridized carbons (Fsp3) is 0.154. The van der Waals surface area contributed by atoms with E-state index in [1.807, 2.05) is 6.92 Å². The van der Waals surface area contributed by atoms with Crippen molar-refractivity contribution in [3.05, 3.63) is 48.0 Å². The second-order valence-corrected chi connectivity index (χ2v) is 3.56. The van der Waals surface area contributed by atoms with Crippen LogP contribution in [0.3, 0.4) is 0 Å². The van der Waals surface area contributed by atoms with Crippen LogP contribution in [0.5, 0.6) is 5.75 Å². The fourth-order valence-electron chi connectivity index (χ4n) is 1.61. The van der Waals surface area contributed by atoms with Crippen LogP contribution in [0, 0.1) is 12.7 Å². The second-order valence-electron chi connectivity index (χ2n) is 3.56. The Morgan fingerprint density at radius 1 is 1.19 bits per heavy atom. The molecule has 1 aromatic heterocycles. The van der Waals surface area contributed by atoms with Gasteiger partial charge in [-0.25, -0.2) is 4.39 Å². The molecule has 0 aliphatic carbocycles. The fourth-order valence-corrected chi connectivity index (χ4v) is 1.61. The van der Waals surface area contributed by atoms with Crippen molar-refractivity contribution in [3.63, 3.8) is 0 Å². The average Bonchev–Trinajstić information content (AvgIpc) is 2.32. The summed E-state index contributed by atoms with van der Waals surface area (Å²) < 4.78 is 18.9. The van der Waals surface area contributed by atoms with Gasteiger partial charge in [0.2, 0.25) is 0 Å². The predicted molar refractivity (Wildman–Crippen MR) is 60.9 cm³/mol. The van der Waals surface area contributed by atoms with Crippen LogP contribution in [0.2, 0.25) is 0 Å². The summed E-state index contributed by atoms with van der Waals surface area (Å²) in [7, 11) is 1.56. The van der Waals surface area contributed by atoms with E-state index in [1.54, 1.807) is 37.7 Å². The zero-order valence-corrected chi connectivity index (χ0v) is 9.20. The molecule has 82 valence electrons. The third kappa shape index (κ3) is 1.89. The summed E-state index contributed by atoms with van der Waals surface area (Å²) in [4.78, 5) is 3.99. The van der Waals surface area contributed by atoms with Crippen molar-refractivity contribution >= 4 is 0 Å². The van der Waals surface area contributed by atoms with E-state index < -0.39 is 0 Å². The van der Waals surface area contributed by atoms with Gasteiger partial charge in [0.05, 0.1) is 7.11 Å². The lowest BCUT2D eigenvalue weighted by molar-refractivity contribution is 0.415. The molecule has 0 bridgehead atoms. The van der Waals surface area contributed by atoms with E-state index in [1.165, 1.54) is 6.07 Å². The van der Waals surface area contributed by atoms with Gasteiger partial charge in [-0.05, 0) is 25.1 Å². The van der Waals surface area contributed by atoms with Gasteiger partial charge in [0, 0.05) is 23.5 Å². The van der Waals surface area contributed by atoms with Gasteiger partial charge in [-0.1, -0.05) is 11.6 Å². The van der Waals surface area contributed by atoms with Crippen molar-refractivity contribution in [2.45, 2.75) is 6.92 Å². The number of hydrogen-bond acceptors (Lipinski definition) is 2. The van der Waals surface area contributed by atoms with E-state index in [0.717, 1.165) is 5.56 Å². The van der Waals surface area contributed by atoms with Crippen LogP contribution in [0.15, 0.2) is 36.7 Å². The molecule has 16 heavy (non-hydrogen) atoms. The van der Waals surface area contributed by atoms with Gasteiger partial charge in [-0.15, -0.1) is 0 Å². The number of rotatable bonds is 2. The topological polar surface area (TPSA) is 22.1 Å². The van der Waals surface area contributed by atoms with E-state index >= 15 is 0 Å². The van der Waals surface area contributed by atoms with Crippen LogP contribution < -0.4 is 4.74 Å². The molecule has 0 aliphatic rings. The van der Waals surface area contributed by atoms with E-state index in [9.17, 15) is 4.39 Å². The first-order valence-electron chi connectivity index (χ1n) is 4.97. The zero-order valence-electron chi connectivity index (χ0n) is 9.20. The molecule has 1 aromatic carbocycles. The summed E-state index contributed by atoms with van der Waals surface area (Å²) in [5.74, 6) is 0.358. The van der Waals surface area contributed by atoms with Crippen molar-refractivity contribution in [2.75, 3.05) is 7.11 Å². The molecule has 2 nitrogen and oxygen atoms in total. The Labute approximate surface area is 93.7 Å². The van der Waals surface area contributed by atoms with Crippen LogP contribution in [-0.4, -0.2) is 12.1 Å². The maximum Gasteiger partial charge on any atom is 0.131 e. The van der Waals surface area contributed by atoms with E-state index in [2.05, 4.69) is 4.98 Å². The maximum absolute atomic E-state index is 13.7. The molecule has 0 unspecified atom stereocenters. The second kappa shape index (κ2) is 4.31. The predicted octanol–water partition coefficient (Wildman–Crippen LogP) is 3.20. The molecule has 0 saturated carbocycles. The number of halogens is 1. The summed E-state index contributed by atoms with van der Waals surface area (Å²) >= 11 is 0. The molecular weight excluding hydrogens is 205 g/mol. The quantitative estimate of drug-likeness (QED) is 0.770. The van der Waals surface area contributed by atoms with Crippen molar-refractivity contribution in [2.24, 2.45) is 0 Å². The SMILES string of the molecule is COc1ccncc1-c1cc(C)ccc1F. The van der Waals surface area contributed by atoms with Crippen molar-refractivity contribution in [1.82, 2.24) is 4.98 Å². The first kappa shape index (κ1) is 10.6. The summed E-state index contributed by atoms with van der Waals surface area (Å²) in [5.41, 5.74) is 2.19. The minimum atomic E-state index is -0.267. The lowest BCUT2D eigenvalue weighted by Gasteiger charge is -2.09. The standard InChI is InChI=1S/C13H12FNO/c1-9-3-4-12(14)10(7-9)11-8-15-6-5-13(11)16-2/h3-8H,1-2H3. The first-order valence-corrected chi connectivity index (χ1v) is 4.97. The normalized spacial score (nSPS) is 10.2. The third-order valence-corrected chi connectivity index (χ3v) is 2.41. The molecule has 0 atom stereocenters. The van der Waals surface area contributed by atoms with Gasteiger partial charge in [0.1, 0.15) is 11.6 Å². The number of pyridine rings is 1. The van der Waals surface area contributed by atoms with Gasteiger partial charge in [0.15, 0.2) is 0 Å². The number of hydrogen-bond donors (Lipinski definition) is 0. The molecule has 2 rings (SSSR count). The van der Waals surface area contributed by atoms with Crippen molar-refractivity contribution < 1.29 is 9.13 Å². The largest absolute Gasteiger partial charge is 0.496 e. The Hall–Kier alpha value is -1.90. The Morgan fingerprint density at radius 3 is 2.75 bits per heavy atom. The highest BCUT2D eigenvalue weighted by molar-refractivity contribution is 5.70. The van der Waals surface area contributed by atoms with Gasteiger partial charge >= 0.3 is 0 Å². The lowest BCUT2D eigenvalue weighted by Crippen LogP contribution is -1.92. The molecule has 2 aromatic rings. The maximum atomic E-state index is 13.7. The highest BCUT2D eigenvalue weighted by Gasteiger charge is 2.10. The van der Waals surface area contributed by atoms with Crippen molar-refractivity contribution in [3.8, 4) is 16.9 Å². The number of methoxy groups -OCH3 is 1. The van der Waals surface area contributed by atoms with E-state index in [0.29, 0.717) is 16.9 Å². The summed E-state index contributed by atoms with van der Waals surface area (Å²) in [6.45, 7) is 1.92. The minimum Gasteiger partial charge on any atom is -0.496 e. The molecular formula is C13H12FNO. The Bertz CT molecular complexity index is 511. The highest BCUT2D eigenvalue weighted by atomic mass is 19.1. The molecule has 0 amide bonds. The van der Waals surface area contributed by atoms with Crippen LogP contribution >= 0.6 is 0 Å². The Balaban J connectivity index is 2.62. The van der Waals surface area contributed by atoms with Gasteiger partial charge in [0.25, 0.3) is 0 Å². The van der Waals surface area contributed by atoms with Crippen LogP contribution in [-0.2, 0) is 0 Å². The molecule has 0 aliphatic heterocycles. The van der Waals surface area contributed by atoms with Crippen LogP contribution in [0.1, 0.15) is 5.56 Å². The molecule has 0 radical (unpaired) electrons. The summed E-state index contributed by atoms with van der Waals surface area (Å²) in [6.07, 6.45) is 3.23. The van der Waals surface area contributed by atoms with Gasteiger partial charge in [-0.3, -0.25) is 4.98 Å². The first-order chi connectivity index (χ1) is 7.72. The number of aromatic nitrogens is 1. The van der Waals surface area contributed by atoms with Crippen LogP contribution in [0.4, 0.5) is 4.39 Å². The van der Waals surface area contributed by atoms with Gasteiger partial charge in [-0.2, -0.15) is 0 Å². The van der Waals surface area contributed by atoms with Gasteiger partial charge < -0.3 is 4.74 Å². The third-order valence-electron chi connectivity index (χ3n) is 2.41. The number of ether oxygens (including phenoxy) is 1.